The fourth-order valence-corrected chi connectivity index (χ4v) is 2.77. The molecule has 0 amide bonds. The average Bonchev–Trinajstić information content (AvgIpc) is 3.00. The molecule has 0 saturated heterocycles. The van der Waals surface area contributed by atoms with Crippen LogP contribution >= 0.6 is 0 Å². The van der Waals surface area contributed by atoms with E-state index in [-0.39, 0.29) is 0 Å². The molecule has 0 atom stereocenters. The smallest absolute Gasteiger partial charge is 0.191 e. The Morgan fingerprint density at radius 1 is 1.22 bits per heavy atom. The third-order valence-corrected chi connectivity index (χ3v) is 4.06. The van der Waals surface area contributed by atoms with E-state index in [9.17, 15) is 5.11 Å². The zero-order valence-corrected chi connectivity index (χ0v) is 14.1. The number of aliphatic imine (C=N–C) groups is 1. The second-order valence-electron chi connectivity index (χ2n) is 6.09. The van der Waals surface area contributed by atoms with Crippen molar-refractivity contribution in [2.24, 2.45) is 4.99 Å². The highest BCUT2D eigenvalue weighted by Crippen LogP contribution is 2.29. The van der Waals surface area contributed by atoms with Crippen LogP contribution < -0.4 is 10.6 Å². The van der Waals surface area contributed by atoms with Crippen LogP contribution in [-0.2, 0) is 11.3 Å². The highest BCUT2D eigenvalue weighted by atomic mass is 16.5. The molecule has 1 aliphatic carbocycles. The van der Waals surface area contributed by atoms with E-state index < -0.39 is 5.60 Å². The Labute approximate surface area is 139 Å². The number of hydrogen-bond donors (Lipinski definition) is 3. The average molecular weight is 319 g/mol. The number of nitrogens with zero attached hydrogens (tertiary/aromatic N) is 1. The fourth-order valence-electron chi connectivity index (χ4n) is 2.77. The van der Waals surface area contributed by atoms with Gasteiger partial charge in [0.05, 0.1) is 25.4 Å². The summed E-state index contributed by atoms with van der Waals surface area (Å²) in [5.41, 5.74) is 0.572. The molecule has 1 aromatic rings. The van der Waals surface area contributed by atoms with Crippen molar-refractivity contribution < 1.29 is 9.84 Å². The SMILES string of the molecule is CCNC(=NCC1(O)CCCC1)NCCOCc1ccccc1. The molecule has 5 nitrogen and oxygen atoms in total. The van der Waals surface area contributed by atoms with Gasteiger partial charge >= 0.3 is 0 Å². The number of rotatable bonds is 8. The number of aliphatic hydroxyl groups is 1. The van der Waals surface area contributed by atoms with Gasteiger partial charge in [0, 0.05) is 13.1 Å². The Hall–Kier alpha value is -1.59. The Balaban J connectivity index is 1.67. The van der Waals surface area contributed by atoms with Gasteiger partial charge in [-0.3, -0.25) is 4.99 Å². The van der Waals surface area contributed by atoms with E-state index in [1.807, 2.05) is 25.1 Å². The summed E-state index contributed by atoms with van der Waals surface area (Å²) < 4.78 is 5.65. The molecule has 5 heteroatoms. The molecular weight excluding hydrogens is 290 g/mol. The lowest BCUT2D eigenvalue weighted by atomic mass is 10.0. The first kappa shape index (κ1) is 17.8. The van der Waals surface area contributed by atoms with Gasteiger partial charge in [0.1, 0.15) is 0 Å². The van der Waals surface area contributed by atoms with Crippen LogP contribution in [0.2, 0.25) is 0 Å². The van der Waals surface area contributed by atoms with Crippen LogP contribution in [-0.4, -0.2) is 42.9 Å². The van der Waals surface area contributed by atoms with Crippen molar-refractivity contribution in [3.8, 4) is 0 Å². The first-order valence-corrected chi connectivity index (χ1v) is 8.58. The lowest BCUT2D eigenvalue weighted by Gasteiger charge is -2.20. The molecule has 0 bridgehead atoms. The number of benzene rings is 1. The molecular formula is C18H29N3O2. The lowest BCUT2D eigenvalue weighted by Crippen LogP contribution is -2.40. The van der Waals surface area contributed by atoms with Crippen molar-refractivity contribution in [2.75, 3.05) is 26.2 Å². The summed E-state index contributed by atoms with van der Waals surface area (Å²) >= 11 is 0. The number of guanidine groups is 1. The molecule has 128 valence electrons. The second-order valence-corrected chi connectivity index (χ2v) is 6.09. The topological polar surface area (TPSA) is 65.9 Å². The van der Waals surface area contributed by atoms with Gasteiger partial charge in [-0.05, 0) is 25.3 Å². The summed E-state index contributed by atoms with van der Waals surface area (Å²) in [6.07, 6.45) is 3.92. The van der Waals surface area contributed by atoms with Crippen molar-refractivity contribution in [2.45, 2.75) is 44.8 Å². The van der Waals surface area contributed by atoms with Gasteiger partial charge in [-0.15, -0.1) is 0 Å². The van der Waals surface area contributed by atoms with E-state index in [1.54, 1.807) is 0 Å². The highest BCUT2D eigenvalue weighted by Gasteiger charge is 2.30. The zero-order chi connectivity index (χ0) is 16.4. The van der Waals surface area contributed by atoms with Crippen LogP contribution in [0.5, 0.6) is 0 Å². The van der Waals surface area contributed by atoms with Crippen LogP contribution in [0.4, 0.5) is 0 Å². The maximum atomic E-state index is 10.4. The van der Waals surface area contributed by atoms with Crippen LogP contribution in [0.3, 0.4) is 0 Å². The van der Waals surface area contributed by atoms with Crippen molar-refractivity contribution >= 4 is 5.96 Å². The molecule has 1 saturated carbocycles. The summed E-state index contributed by atoms with van der Waals surface area (Å²) in [4.78, 5) is 4.51. The van der Waals surface area contributed by atoms with Crippen LogP contribution in [0, 0.1) is 0 Å². The normalized spacial score (nSPS) is 17.2. The maximum Gasteiger partial charge on any atom is 0.191 e. The summed E-state index contributed by atoms with van der Waals surface area (Å²) in [7, 11) is 0. The molecule has 0 spiro atoms. The van der Waals surface area contributed by atoms with E-state index in [4.69, 9.17) is 4.74 Å². The Morgan fingerprint density at radius 3 is 2.65 bits per heavy atom. The Kier molecular flexibility index (Phi) is 7.36. The molecule has 23 heavy (non-hydrogen) atoms. The van der Waals surface area contributed by atoms with Gasteiger partial charge in [-0.1, -0.05) is 43.2 Å². The van der Waals surface area contributed by atoms with Gasteiger partial charge in [0.15, 0.2) is 5.96 Å². The summed E-state index contributed by atoms with van der Waals surface area (Å²) in [6, 6.07) is 10.1. The van der Waals surface area contributed by atoms with Crippen molar-refractivity contribution in [1.82, 2.24) is 10.6 Å². The highest BCUT2D eigenvalue weighted by molar-refractivity contribution is 5.79. The quantitative estimate of drug-likeness (QED) is 0.390. The minimum absolute atomic E-state index is 0.465. The fraction of sp³-hybridized carbons (Fsp3) is 0.611. The minimum Gasteiger partial charge on any atom is -0.388 e. The van der Waals surface area contributed by atoms with E-state index in [1.165, 1.54) is 5.56 Å². The Bertz CT molecular complexity index is 470. The maximum absolute atomic E-state index is 10.4. The summed E-state index contributed by atoms with van der Waals surface area (Å²) in [6.45, 7) is 5.23. The molecule has 1 aromatic carbocycles. The monoisotopic (exact) mass is 319 g/mol. The molecule has 0 aliphatic heterocycles. The van der Waals surface area contributed by atoms with Crippen LogP contribution in [0.25, 0.3) is 0 Å². The van der Waals surface area contributed by atoms with Gasteiger partial charge in [0.25, 0.3) is 0 Å². The van der Waals surface area contributed by atoms with Crippen LogP contribution in [0.15, 0.2) is 35.3 Å². The molecule has 1 fully saturated rings. The van der Waals surface area contributed by atoms with Gasteiger partial charge in [0.2, 0.25) is 0 Å². The van der Waals surface area contributed by atoms with E-state index >= 15 is 0 Å². The third-order valence-electron chi connectivity index (χ3n) is 4.06. The second kappa shape index (κ2) is 9.53. The van der Waals surface area contributed by atoms with Crippen molar-refractivity contribution in [1.29, 1.82) is 0 Å². The van der Waals surface area contributed by atoms with Crippen molar-refractivity contribution in [3.63, 3.8) is 0 Å². The molecule has 0 unspecified atom stereocenters. The molecule has 2 rings (SSSR count). The number of ether oxygens (including phenoxy) is 1. The third kappa shape index (κ3) is 6.59. The van der Waals surface area contributed by atoms with Gasteiger partial charge in [-0.2, -0.15) is 0 Å². The first-order valence-electron chi connectivity index (χ1n) is 8.58. The standard InChI is InChI=1S/C18H29N3O2/c1-2-19-17(21-15-18(22)10-6-7-11-18)20-12-13-23-14-16-8-4-3-5-9-16/h3-5,8-9,22H,2,6-7,10-15H2,1H3,(H2,19,20,21). The first-order chi connectivity index (χ1) is 11.2. The molecule has 3 N–H and O–H groups in total. The van der Waals surface area contributed by atoms with Gasteiger partial charge < -0.3 is 20.5 Å². The lowest BCUT2D eigenvalue weighted by molar-refractivity contribution is 0.0574. The minimum atomic E-state index is -0.605. The summed E-state index contributed by atoms with van der Waals surface area (Å²) in [5.74, 6) is 0.746. The zero-order valence-electron chi connectivity index (χ0n) is 14.1. The predicted octanol–water partition coefficient (Wildman–Crippen LogP) is 2.06. The number of hydrogen-bond acceptors (Lipinski definition) is 3. The van der Waals surface area contributed by atoms with E-state index in [0.29, 0.717) is 26.3 Å². The van der Waals surface area contributed by atoms with E-state index in [0.717, 1.165) is 38.2 Å². The summed E-state index contributed by atoms with van der Waals surface area (Å²) in [5, 5.41) is 16.8. The molecule has 0 aromatic heterocycles. The van der Waals surface area contributed by atoms with Crippen LogP contribution in [0.1, 0.15) is 38.2 Å². The number of nitrogens with one attached hydrogen (secondary N) is 2. The molecule has 0 radical (unpaired) electrons. The van der Waals surface area contributed by atoms with Crippen molar-refractivity contribution in [3.05, 3.63) is 35.9 Å². The van der Waals surface area contributed by atoms with Gasteiger partial charge in [-0.25, -0.2) is 0 Å². The molecule has 0 heterocycles. The van der Waals surface area contributed by atoms with E-state index in [2.05, 4.69) is 27.8 Å². The predicted molar refractivity (Wildman–Crippen MR) is 93.5 cm³/mol. The largest absolute Gasteiger partial charge is 0.388 e. The Morgan fingerprint density at radius 2 is 1.96 bits per heavy atom. The molecule has 1 aliphatic rings.